The van der Waals surface area contributed by atoms with E-state index in [9.17, 15) is 4.79 Å². The second kappa shape index (κ2) is 5.93. The first-order chi connectivity index (χ1) is 7.22. The molecule has 1 aromatic rings. The second-order valence-corrected chi connectivity index (χ2v) is 3.23. The van der Waals surface area contributed by atoms with Gasteiger partial charge in [-0.1, -0.05) is 29.8 Å². The fourth-order valence-electron chi connectivity index (χ4n) is 1.03. The van der Waals surface area contributed by atoms with Crippen LogP contribution in [0.4, 0.5) is 0 Å². The zero-order chi connectivity index (χ0) is 11.1. The van der Waals surface area contributed by atoms with Crippen molar-refractivity contribution in [2.75, 3.05) is 13.6 Å². The summed E-state index contributed by atoms with van der Waals surface area (Å²) >= 11 is 0. The average Bonchev–Trinajstić information content (AvgIpc) is 2.21. The van der Waals surface area contributed by atoms with E-state index in [2.05, 4.69) is 15.8 Å². The normalized spacial score (nSPS) is 10.5. The maximum atomic E-state index is 11.0. The van der Waals surface area contributed by atoms with Crippen molar-refractivity contribution >= 4 is 12.1 Å². The van der Waals surface area contributed by atoms with Gasteiger partial charge in [0.1, 0.15) is 0 Å². The average molecular weight is 205 g/mol. The summed E-state index contributed by atoms with van der Waals surface area (Å²) in [6.07, 6.45) is 1.62. The molecule has 0 bridgehead atoms. The highest BCUT2D eigenvalue weighted by molar-refractivity contribution is 5.83. The van der Waals surface area contributed by atoms with E-state index in [1.165, 1.54) is 5.56 Å². The largest absolute Gasteiger partial charge is 0.311 e. The summed E-state index contributed by atoms with van der Waals surface area (Å²) < 4.78 is 0. The highest BCUT2D eigenvalue weighted by atomic mass is 16.2. The fraction of sp³-hybridized carbons (Fsp3) is 0.273. The van der Waals surface area contributed by atoms with Crippen LogP contribution >= 0.6 is 0 Å². The molecule has 80 valence electrons. The Morgan fingerprint density at radius 2 is 2.07 bits per heavy atom. The van der Waals surface area contributed by atoms with Gasteiger partial charge in [0.05, 0.1) is 12.8 Å². The molecular weight excluding hydrogens is 190 g/mol. The van der Waals surface area contributed by atoms with Crippen molar-refractivity contribution in [1.82, 2.24) is 10.7 Å². The molecule has 15 heavy (non-hydrogen) atoms. The van der Waals surface area contributed by atoms with Crippen molar-refractivity contribution in [1.29, 1.82) is 0 Å². The molecule has 0 aromatic heterocycles. The van der Waals surface area contributed by atoms with Gasteiger partial charge in [0.25, 0.3) is 5.91 Å². The first-order valence-electron chi connectivity index (χ1n) is 4.75. The first kappa shape index (κ1) is 11.4. The Bertz CT molecular complexity index is 343. The van der Waals surface area contributed by atoms with Crippen LogP contribution in [-0.2, 0) is 4.79 Å². The molecule has 0 saturated heterocycles. The minimum atomic E-state index is -0.152. The van der Waals surface area contributed by atoms with Crippen LogP contribution in [0.3, 0.4) is 0 Å². The van der Waals surface area contributed by atoms with E-state index < -0.39 is 0 Å². The summed E-state index contributed by atoms with van der Waals surface area (Å²) in [5.74, 6) is -0.152. The molecule has 0 atom stereocenters. The zero-order valence-electron chi connectivity index (χ0n) is 8.95. The summed E-state index contributed by atoms with van der Waals surface area (Å²) in [4.78, 5) is 11.0. The van der Waals surface area contributed by atoms with E-state index in [0.717, 1.165) is 5.56 Å². The Labute approximate surface area is 89.4 Å². The minimum Gasteiger partial charge on any atom is -0.311 e. The van der Waals surface area contributed by atoms with Crippen LogP contribution in [-0.4, -0.2) is 25.7 Å². The number of aryl methyl sites for hydroxylation is 1. The smallest absolute Gasteiger partial charge is 0.253 e. The van der Waals surface area contributed by atoms with Crippen LogP contribution in [0.15, 0.2) is 29.4 Å². The quantitative estimate of drug-likeness (QED) is 0.560. The number of nitrogens with zero attached hydrogens (tertiary/aromatic N) is 1. The van der Waals surface area contributed by atoms with Gasteiger partial charge < -0.3 is 5.32 Å². The van der Waals surface area contributed by atoms with Crippen molar-refractivity contribution in [3.05, 3.63) is 35.4 Å². The third kappa shape index (κ3) is 4.37. The fourth-order valence-corrected chi connectivity index (χ4v) is 1.03. The molecule has 0 heterocycles. The molecule has 2 N–H and O–H groups in total. The predicted molar refractivity (Wildman–Crippen MR) is 60.8 cm³/mol. The van der Waals surface area contributed by atoms with Crippen molar-refractivity contribution in [3.8, 4) is 0 Å². The lowest BCUT2D eigenvalue weighted by atomic mass is 10.2. The van der Waals surface area contributed by atoms with Gasteiger partial charge in [0.2, 0.25) is 0 Å². The Kier molecular flexibility index (Phi) is 4.50. The number of benzene rings is 1. The Balaban J connectivity index is 2.44. The monoisotopic (exact) mass is 205 g/mol. The zero-order valence-corrected chi connectivity index (χ0v) is 8.95. The molecule has 1 amide bonds. The molecule has 0 aliphatic carbocycles. The molecule has 4 heteroatoms. The summed E-state index contributed by atoms with van der Waals surface area (Å²) in [5.41, 5.74) is 4.58. The van der Waals surface area contributed by atoms with E-state index >= 15 is 0 Å². The maximum absolute atomic E-state index is 11.0. The SMILES string of the molecule is CNCC(=O)N/N=C\c1ccc(C)cc1. The lowest BCUT2D eigenvalue weighted by Gasteiger charge is -1.97. The van der Waals surface area contributed by atoms with Gasteiger partial charge in [-0.3, -0.25) is 4.79 Å². The predicted octanol–water partition coefficient (Wildman–Crippen LogP) is 0.665. The van der Waals surface area contributed by atoms with Crippen molar-refractivity contribution < 1.29 is 4.79 Å². The maximum Gasteiger partial charge on any atom is 0.253 e. The summed E-state index contributed by atoms with van der Waals surface area (Å²) in [7, 11) is 1.71. The third-order valence-corrected chi connectivity index (χ3v) is 1.82. The van der Waals surface area contributed by atoms with Crippen LogP contribution < -0.4 is 10.7 Å². The molecule has 1 rings (SSSR count). The topological polar surface area (TPSA) is 53.5 Å². The first-order valence-corrected chi connectivity index (χ1v) is 4.75. The van der Waals surface area contributed by atoms with Crippen LogP contribution in [0, 0.1) is 6.92 Å². The molecule has 0 aliphatic rings. The molecule has 0 spiro atoms. The second-order valence-electron chi connectivity index (χ2n) is 3.23. The van der Waals surface area contributed by atoms with Gasteiger partial charge in [0, 0.05) is 0 Å². The molecule has 0 fully saturated rings. The summed E-state index contributed by atoms with van der Waals surface area (Å²) in [6.45, 7) is 2.29. The van der Waals surface area contributed by atoms with E-state index in [4.69, 9.17) is 0 Å². The van der Waals surface area contributed by atoms with Gasteiger partial charge in [-0.25, -0.2) is 5.43 Å². The van der Waals surface area contributed by atoms with Crippen molar-refractivity contribution in [2.24, 2.45) is 5.10 Å². The molecular formula is C11H15N3O. The number of likely N-dealkylation sites (N-methyl/N-ethyl adjacent to an activating group) is 1. The number of nitrogens with one attached hydrogen (secondary N) is 2. The van der Waals surface area contributed by atoms with Crippen LogP contribution in [0.5, 0.6) is 0 Å². The number of hydrogen-bond donors (Lipinski definition) is 2. The Hall–Kier alpha value is -1.68. The highest BCUT2D eigenvalue weighted by Gasteiger charge is 1.94. The van der Waals surface area contributed by atoms with Gasteiger partial charge in [-0.2, -0.15) is 5.10 Å². The number of hydrazone groups is 1. The molecule has 0 radical (unpaired) electrons. The summed E-state index contributed by atoms with van der Waals surface area (Å²) in [6, 6.07) is 7.89. The van der Waals surface area contributed by atoms with E-state index in [0.29, 0.717) is 0 Å². The number of amides is 1. The minimum absolute atomic E-state index is 0.152. The van der Waals surface area contributed by atoms with Crippen molar-refractivity contribution in [2.45, 2.75) is 6.92 Å². The van der Waals surface area contributed by atoms with Crippen LogP contribution in [0.1, 0.15) is 11.1 Å². The van der Waals surface area contributed by atoms with Gasteiger partial charge in [0.15, 0.2) is 0 Å². The summed E-state index contributed by atoms with van der Waals surface area (Å²) in [5, 5.41) is 6.56. The van der Waals surface area contributed by atoms with Gasteiger partial charge in [-0.05, 0) is 19.5 Å². The lowest BCUT2D eigenvalue weighted by Crippen LogP contribution is -2.28. The number of hydrogen-bond acceptors (Lipinski definition) is 3. The molecule has 0 saturated carbocycles. The van der Waals surface area contributed by atoms with Gasteiger partial charge >= 0.3 is 0 Å². The standard InChI is InChI=1S/C11H15N3O/c1-9-3-5-10(6-4-9)7-13-14-11(15)8-12-2/h3-7,12H,8H2,1-2H3,(H,14,15)/b13-7-. The van der Waals surface area contributed by atoms with Gasteiger partial charge in [-0.15, -0.1) is 0 Å². The number of rotatable bonds is 4. The van der Waals surface area contributed by atoms with E-state index in [1.54, 1.807) is 13.3 Å². The number of carbonyl (C=O) groups excluding carboxylic acids is 1. The van der Waals surface area contributed by atoms with Crippen molar-refractivity contribution in [3.63, 3.8) is 0 Å². The van der Waals surface area contributed by atoms with Crippen LogP contribution in [0.2, 0.25) is 0 Å². The third-order valence-electron chi connectivity index (χ3n) is 1.82. The Morgan fingerprint density at radius 1 is 1.40 bits per heavy atom. The molecule has 0 aliphatic heterocycles. The molecule has 1 aromatic carbocycles. The van der Waals surface area contributed by atoms with E-state index in [-0.39, 0.29) is 12.5 Å². The molecule has 0 unspecified atom stereocenters. The lowest BCUT2D eigenvalue weighted by molar-refractivity contribution is -0.120. The molecule has 4 nitrogen and oxygen atoms in total. The van der Waals surface area contributed by atoms with E-state index in [1.807, 2.05) is 31.2 Å². The highest BCUT2D eigenvalue weighted by Crippen LogP contribution is 1.99. The Morgan fingerprint density at radius 3 is 2.67 bits per heavy atom. The number of carbonyl (C=O) groups is 1. The van der Waals surface area contributed by atoms with Crippen LogP contribution in [0.25, 0.3) is 0 Å².